The lowest BCUT2D eigenvalue weighted by molar-refractivity contribution is 0.0932. The zero-order chi connectivity index (χ0) is 32.3. The summed E-state index contributed by atoms with van der Waals surface area (Å²) in [5.41, 5.74) is 2.74. The second-order valence-corrected chi connectivity index (χ2v) is 12.5. The van der Waals surface area contributed by atoms with Gasteiger partial charge in [-0.1, -0.05) is 66.2 Å². The van der Waals surface area contributed by atoms with E-state index in [4.69, 9.17) is 0 Å². The number of aryl methyl sites for hydroxylation is 1. The molecule has 0 aliphatic carbocycles. The molecule has 0 bridgehead atoms. The molecule has 0 saturated carbocycles. The Morgan fingerprint density at radius 3 is 1.51 bits per heavy atom. The molecule has 5 rings (SSSR count). The van der Waals surface area contributed by atoms with Crippen LogP contribution in [0, 0.1) is 6.92 Å². The average molecular weight is 622 g/mol. The molecule has 0 radical (unpaired) electrons. The number of carbonyl (C=O) groups excluding carboxylic acids is 4. The lowest BCUT2D eigenvalue weighted by atomic mass is 10.1. The van der Waals surface area contributed by atoms with E-state index >= 15 is 0 Å². The Morgan fingerprint density at radius 2 is 1.09 bits per heavy atom. The molecule has 0 amide bonds. The summed E-state index contributed by atoms with van der Waals surface area (Å²) in [5, 5.41) is 1.22. The van der Waals surface area contributed by atoms with Crippen molar-refractivity contribution in [3.05, 3.63) is 126 Å². The first-order valence-electron chi connectivity index (χ1n) is 14.2. The average Bonchev–Trinajstić information content (AvgIpc) is 3.60. The third-order valence-electron chi connectivity index (χ3n) is 7.45. The van der Waals surface area contributed by atoms with Crippen molar-refractivity contribution in [2.24, 2.45) is 0 Å². The molecule has 0 unspecified atom stereocenters. The van der Waals surface area contributed by atoms with Crippen LogP contribution in [0.5, 0.6) is 0 Å². The number of sulfonamides is 1. The van der Waals surface area contributed by atoms with Crippen molar-refractivity contribution in [2.45, 2.75) is 25.7 Å². The Morgan fingerprint density at radius 1 is 0.667 bits per heavy atom. The third kappa shape index (κ3) is 6.38. The lowest BCUT2D eigenvalue weighted by Gasteiger charge is -2.19. The highest BCUT2D eigenvalue weighted by molar-refractivity contribution is 7.89. The highest BCUT2D eigenvalue weighted by Crippen LogP contribution is 2.24. The zero-order valence-corrected chi connectivity index (χ0v) is 25.8. The largest absolute Gasteiger partial charge is 0.289 e. The van der Waals surface area contributed by atoms with Gasteiger partial charge < -0.3 is 0 Å². The molecule has 0 aliphatic rings. The van der Waals surface area contributed by atoms with Crippen molar-refractivity contribution in [3.8, 4) is 0 Å². The zero-order valence-electron chi connectivity index (χ0n) is 25.0. The maximum Gasteiger partial charge on any atom is 0.243 e. The molecule has 0 saturated heterocycles. The second kappa shape index (κ2) is 12.8. The van der Waals surface area contributed by atoms with Gasteiger partial charge in [-0.05, 0) is 43.3 Å². The number of hydrogen-bond donors (Lipinski definition) is 0. The van der Waals surface area contributed by atoms with Crippen LogP contribution in [-0.2, 0) is 10.0 Å². The number of hydrogen-bond acceptors (Lipinski definition) is 6. The fourth-order valence-corrected chi connectivity index (χ4v) is 6.48. The smallest absolute Gasteiger partial charge is 0.243 e. The van der Waals surface area contributed by atoms with Crippen molar-refractivity contribution in [3.63, 3.8) is 0 Å². The maximum atomic E-state index is 13.6. The molecule has 10 heteroatoms. The lowest BCUT2D eigenvalue weighted by Crippen LogP contribution is -2.31. The molecule has 9 nitrogen and oxygen atoms in total. The molecule has 0 aliphatic heterocycles. The van der Waals surface area contributed by atoms with Gasteiger partial charge in [-0.2, -0.15) is 4.31 Å². The molecule has 0 atom stereocenters. The molecule has 5 aromatic rings. The van der Waals surface area contributed by atoms with E-state index in [1.165, 1.54) is 71.8 Å². The normalized spacial score (nSPS) is 12.2. The first-order valence-corrected chi connectivity index (χ1v) is 15.6. The molecule has 2 heterocycles. The number of allylic oxidation sites excluding steroid dienone is 2. The quantitative estimate of drug-likeness (QED) is 0.138. The fraction of sp³-hybridized carbons (Fsp3) is 0.143. The van der Waals surface area contributed by atoms with Gasteiger partial charge in [0.1, 0.15) is 0 Å². The predicted octanol–water partition coefficient (Wildman–Crippen LogP) is 6.09. The molecule has 0 spiro atoms. The summed E-state index contributed by atoms with van der Waals surface area (Å²) in [5.74, 6) is -1.24. The van der Waals surface area contributed by atoms with Crippen LogP contribution in [0.25, 0.3) is 21.8 Å². The first-order chi connectivity index (χ1) is 21.5. The molecule has 2 aromatic heterocycles. The van der Waals surface area contributed by atoms with Crippen LogP contribution in [0.2, 0.25) is 0 Å². The fourth-order valence-electron chi connectivity index (χ4n) is 5.14. The van der Waals surface area contributed by atoms with Crippen molar-refractivity contribution in [1.82, 2.24) is 13.4 Å². The first kappa shape index (κ1) is 31.2. The van der Waals surface area contributed by atoms with E-state index in [1.807, 2.05) is 6.92 Å². The SMILES string of the molecule is CC(=O)n1cc(C(=O)/C=C/CN(C/C=C/C(=O)c2cn(C(C)=O)c3ccccc23)S(=O)(=O)c2ccc(C)cc2)c2ccccc21. The predicted molar refractivity (Wildman–Crippen MR) is 173 cm³/mol. The minimum atomic E-state index is -4.02. The van der Waals surface area contributed by atoms with Gasteiger partial charge in [-0.25, -0.2) is 8.42 Å². The van der Waals surface area contributed by atoms with E-state index in [2.05, 4.69) is 0 Å². The van der Waals surface area contributed by atoms with Crippen molar-refractivity contribution < 1.29 is 27.6 Å². The van der Waals surface area contributed by atoms with Gasteiger partial charge >= 0.3 is 0 Å². The Bertz CT molecular complexity index is 2020. The summed E-state index contributed by atoms with van der Waals surface area (Å²) in [7, 11) is -4.02. The van der Waals surface area contributed by atoms with Gasteiger partial charge in [-0.15, -0.1) is 0 Å². The van der Waals surface area contributed by atoms with E-state index < -0.39 is 10.0 Å². The van der Waals surface area contributed by atoms with E-state index in [-0.39, 0.29) is 41.4 Å². The summed E-state index contributed by atoms with van der Waals surface area (Å²) in [6, 6.07) is 20.5. The highest BCUT2D eigenvalue weighted by atomic mass is 32.2. The highest BCUT2D eigenvalue weighted by Gasteiger charge is 2.23. The molecule has 45 heavy (non-hydrogen) atoms. The summed E-state index contributed by atoms with van der Waals surface area (Å²) in [4.78, 5) is 50.7. The second-order valence-electron chi connectivity index (χ2n) is 10.6. The molecular formula is C35H31N3O6S. The van der Waals surface area contributed by atoms with E-state index in [0.29, 0.717) is 32.9 Å². The summed E-state index contributed by atoms with van der Waals surface area (Å²) in [6.07, 6.45) is 8.44. The van der Waals surface area contributed by atoms with Gasteiger partial charge in [0.05, 0.1) is 15.9 Å². The number of ketones is 2. The van der Waals surface area contributed by atoms with Crippen molar-refractivity contribution in [2.75, 3.05) is 13.1 Å². The molecule has 0 N–H and O–H groups in total. The van der Waals surface area contributed by atoms with Gasteiger partial charge in [0.2, 0.25) is 21.8 Å². The standard InChI is InChI=1S/C35H31N3O6S/c1-24-16-18-27(19-17-24)45(43,44)36(20-8-14-34(41)30-22-37(25(2)39)32-12-6-4-10-28(30)32)21-9-15-35(42)31-23-38(26(3)40)33-13-7-5-11-29(31)33/h4-19,22-23H,20-21H2,1-3H3/b14-8+,15-9+. The van der Waals surface area contributed by atoms with Crippen molar-refractivity contribution in [1.29, 1.82) is 0 Å². The minimum Gasteiger partial charge on any atom is -0.289 e. The van der Waals surface area contributed by atoms with Crippen LogP contribution in [0.1, 0.15) is 49.7 Å². The number of rotatable bonds is 10. The van der Waals surface area contributed by atoms with Gasteiger partial charge in [0.15, 0.2) is 11.6 Å². The van der Waals surface area contributed by atoms with Crippen LogP contribution in [-0.4, -0.2) is 58.3 Å². The van der Waals surface area contributed by atoms with Crippen LogP contribution in [0.15, 0.2) is 114 Å². The number of aromatic nitrogens is 2. The van der Waals surface area contributed by atoms with Crippen LogP contribution in [0.3, 0.4) is 0 Å². The van der Waals surface area contributed by atoms with Gasteiger partial charge in [-0.3, -0.25) is 28.3 Å². The van der Waals surface area contributed by atoms with E-state index in [9.17, 15) is 27.6 Å². The number of fused-ring (bicyclic) bond motifs is 2. The summed E-state index contributed by atoms with van der Waals surface area (Å²) < 4.78 is 31.3. The van der Waals surface area contributed by atoms with Crippen LogP contribution in [0.4, 0.5) is 0 Å². The van der Waals surface area contributed by atoms with Crippen LogP contribution < -0.4 is 0 Å². The van der Waals surface area contributed by atoms with Gasteiger partial charge in [0.25, 0.3) is 0 Å². The Balaban J connectivity index is 1.41. The number of para-hydroxylation sites is 2. The summed E-state index contributed by atoms with van der Waals surface area (Å²) in [6.45, 7) is 4.35. The van der Waals surface area contributed by atoms with E-state index in [0.717, 1.165) is 9.87 Å². The molecule has 228 valence electrons. The van der Waals surface area contributed by atoms with E-state index in [1.54, 1.807) is 60.7 Å². The van der Waals surface area contributed by atoms with Crippen LogP contribution >= 0.6 is 0 Å². The minimum absolute atomic E-state index is 0.0709. The number of carbonyl (C=O) groups is 4. The monoisotopic (exact) mass is 621 g/mol. The Hall–Kier alpha value is -5.19. The Labute approximate surface area is 260 Å². The topological polar surface area (TPSA) is 116 Å². The van der Waals surface area contributed by atoms with Crippen molar-refractivity contribution >= 4 is 55.2 Å². The van der Waals surface area contributed by atoms with Gasteiger partial charge in [0, 0.05) is 61.2 Å². The number of benzene rings is 3. The molecular weight excluding hydrogens is 590 g/mol. The third-order valence-corrected chi connectivity index (χ3v) is 9.29. The Kier molecular flexibility index (Phi) is 8.89. The number of nitrogens with zero attached hydrogens (tertiary/aromatic N) is 3. The molecule has 3 aromatic carbocycles. The maximum absolute atomic E-state index is 13.6. The summed E-state index contributed by atoms with van der Waals surface area (Å²) >= 11 is 0. The molecule has 0 fully saturated rings.